The van der Waals surface area contributed by atoms with Gasteiger partial charge in [-0.3, -0.25) is 18.5 Å². The number of nitrogens with one attached hydrogen (secondary N) is 1. The van der Waals surface area contributed by atoms with Crippen LogP contribution in [0.2, 0.25) is 0 Å². The number of alkyl halides is 2. The monoisotopic (exact) mass is 1010 g/mol. The number of aromatic nitrogens is 2. The maximum absolute atomic E-state index is 14.1. The van der Waals surface area contributed by atoms with Crippen molar-refractivity contribution < 1.29 is 73.0 Å². The third-order valence-corrected chi connectivity index (χ3v) is 16.1. The van der Waals surface area contributed by atoms with Crippen molar-refractivity contribution in [2.45, 2.75) is 128 Å². The lowest BCUT2D eigenvalue weighted by molar-refractivity contribution is -0.432. The molecule has 4 rings (SSSR count). The molecular formula is C31H49Cl2N7O16S5. The lowest BCUT2D eigenvalue weighted by Crippen LogP contribution is -2.53. The summed E-state index contributed by atoms with van der Waals surface area (Å²) >= 11 is 15.0. The Kier molecular flexibility index (Phi) is 20.6. The lowest BCUT2D eigenvalue weighted by atomic mass is 9.84. The van der Waals surface area contributed by atoms with Crippen molar-refractivity contribution in [1.29, 1.82) is 5.26 Å². The zero-order chi connectivity index (χ0) is 45.0. The number of hydrogen-bond acceptors (Lipinski definition) is 20. The number of amides is 1. The number of carbonyl (C=O) groups excluding carboxylic acids is 1. The molecule has 0 bridgehead atoms. The van der Waals surface area contributed by atoms with Gasteiger partial charge in [0.05, 0.1) is 51.8 Å². The summed E-state index contributed by atoms with van der Waals surface area (Å²) in [5, 5.41) is 47.5. The Morgan fingerprint density at radius 2 is 1.46 bits per heavy atom. The molecule has 6 N–H and O–H groups in total. The molecule has 1 aromatic heterocycles. The molecule has 1 aromatic rings. The van der Waals surface area contributed by atoms with Crippen molar-refractivity contribution in [1.82, 2.24) is 20.0 Å². The van der Waals surface area contributed by atoms with E-state index in [2.05, 4.69) is 39.4 Å². The molecule has 1 heterocycles. The number of nitrogens with zero attached hydrogens (tertiary/aromatic N) is 6. The van der Waals surface area contributed by atoms with Crippen molar-refractivity contribution in [3.8, 4) is 6.07 Å². The van der Waals surface area contributed by atoms with Crippen molar-refractivity contribution in [2.24, 2.45) is 16.1 Å². The van der Waals surface area contributed by atoms with E-state index in [-0.39, 0.29) is 61.2 Å². The van der Waals surface area contributed by atoms with Crippen LogP contribution in [0.3, 0.4) is 0 Å². The molecule has 3 saturated carbocycles. The zero-order valence-electron chi connectivity index (χ0n) is 32.4. The van der Waals surface area contributed by atoms with E-state index < -0.39 is 93.1 Å². The van der Waals surface area contributed by atoms with Crippen LogP contribution >= 0.6 is 47.3 Å². The predicted octanol–water partition coefficient (Wildman–Crippen LogP) is 4.36. The summed E-state index contributed by atoms with van der Waals surface area (Å²) in [5.41, 5.74) is 0.0521. The average molecular weight is 1010 g/mol. The van der Waals surface area contributed by atoms with Crippen LogP contribution in [0, 0.1) is 17.2 Å². The van der Waals surface area contributed by atoms with Crippen LogP contribution in [0.15, 0.2) is 16.4 Å². The number of halogens is 2. The molecule has 8 atom stereocenters. The van der Waals surface area contributed by atoms with E-state index in [1.165, 1.54) is 10.9 Å². The fraction of sp³-hybridized carbons (Fsp3) is 0.839. The average Bonchev–Trinajstić information content (AvgIpc) is 3.58. The first-order valence-corrected chi connectivity index (χ1v) is 26.3. The van der Waals surface area contributed by atoms with Gasteiger partial charge in [-0.2, -0.15) is 40.7 Å². The van der Waals surface area contributed by atoms with Crippen LogP contribution in [0.4, 0.5) is 5.82 Å². The molecule has 23 nitrogen and oxygen atoms in total. The Labute approximate surface area is 371 Å². The first-order valence-electron chi connectivity index (χ1n) is 19.1. The number of unbranched alkanes of at least 4 members (excludes halogenated alkanes) is 2. The van der Waals surface area contributed by atoms with Gasteiger partial charge in [0.1, 0.15) is 11.6 Å². The Bertz CT molecular complexity index is 1950. The summed E-state index contributed by atoms with van der Waals surface area (Å²) < 4.78 is 109. The van der Waals surface area contributed by atoms with Crippen LogP contribution in [-0.2, 0) is 53.9 Å². The minimum absolute atomic E-state index is 0.0468. The van der Waals surface area contributed by atoms with Crippen molar-refractivity contribution >= 4 is 89.4 Å². The van der Waals surface area contributed by atoms with E-state index in [4.69, 9.17) is 33.7 Å². The highest BCUT2D eigenvalue weighted by Gasteiger charge is 2.43. The molecule has 30 heteroatoms. The SMILES string of the molecule is N#Cc1cnn(C2C(Cl)CC(SOOO)CC2Cl)c1N=NC1CCC(N(CCCCS(=O)(=O)O)CCCCS(=O)(=O)O)CC1NC(=O)C1CC(SOOO)CC(S(=O)(=O)O)C1. The summed E-state index contributed by atoms with van der Waals surface area (Å²) in [5.74, 6) is -2.44. The molecular weight excluding hydrogens is 958 g/mol. The Hall–Kier alpha value is -1.50. The van der Waals surface area contributed by atoms with Gasteiger partial charge in [-0.05, 0) is 90.1 Å². The normalized spacial score (nSPS) is 29.2. The Balaban J connectivity index is 1.64. The topological polar surface area (TPSA) is 339 Å². The minimum Gasteiger partial charge on any atom is -0.351 e. The van der Waals surface area contributed by atoms with Crippen molar-refractivity contribution in [3.05, 3.63) is 11.8 Å². The van der Waals surface area contributed by atoms with Gasteiger partial charge in [0, 0.05) is 46.5 Å². The maximum atomic E-state index is 14.1. The third-order valence-electron chi connectivity index (χ3n) is 10.8. The lowest BCUT2D eigenvalue weighted by Gasteiger charge is -2.41. The van der Waals surface area contributed by atoms with Crippen LogP contribution in [0.5, 0.6) is 0 Å². The molecule has 3 aliphatic rings. The molecule has 0 saturated heterocycles. The van der Waals surface area contributed by atoms with E-state index in [9.17, 15) is 49.0 Å². The highest BCUT2D eigenvalue weighted by molar-refractivity contribution is 7.95. The first-order chi connectivity index (χ1) is 28.7. The third kappa shape index (κ3) is 16.8. The predicted molar refractivity (Wildman–Crippen MR) is 220 cm³/mol. The second kappa shape index (κ2) is 24.1. The number of azo groups is 1. The molecule has 0 radical (unpaired) electrons. The Morgan fingerprint density at radius 3 is 1.98 bits per heavy atom. The largest absolute Gasteiger partial charge is 0.351 e. The van der Waals surface area contributed by atoms with E-state index >= 15 is 0 Å². The van der Waals surface area contributed by atoms with E-state index in [1.807, 2.05) is 11.0 Å². The molecule has 0 aliphatic heterocycles. The summed E-state index contributed by atoms with van der Waals surface area (Å²) in [4.78, 5) is 16.1. The number of carbonyl (C=O) groups is 1. The standard InChI is InChI=1S/C31H49Cl2N7O16S5/c32-25-15-23(58-56-54-43)16-26(33)29(25)40-30(20(17-34)18-35-40)38-37-27-6-5-21(39(7-1-3-9-59(44,45)46)8-2-4-10-60(47,48)49)13-28(27)36-31(41)19-11-22(57-55-53-42)14-24(12-19)61(50,51)52/h18-19,21-29,42-43H,1-16H2,(H,36,41)(H,44,45,46)(H,47,48,49)(H,50,51,52). The molecule has 1 amide bonds. The van der Waals surface area contributed by atoms with Gasteiger partial charge >= 0.3 is 0 Å². The van der Waals surface area contributed by atoms with E-state index in [0.717, 1.165) is 12.0 Å². The van der Waals surface area contributed by atoms with Gasteiger partial charge < -0.3 is 10.2 Å². The van der Waals surface area contributed by atoms with E-state index in [0.29, 0.717) is 63.7 Å². The smallest absolute Gasteiger partial charge is 0.267 e. The van der Waals surface area contributed by atoms with Gasteiger partial charge in [0.25, 0.3) is 30.4 Å². The summed E-state index contributed by atoms with van der Waals surface area (Å²) in [6.45, 7) is 0.653. The van der Waals surface area contributed by atoms with Gasteiger partial charge in [-0.25, -0.2) is 15.2 Å². The first kappa shape index (κ1) is 52.1. The number of rotatable bonds is 23. The minimum atomic E-state index is -4.60. The van der Waals surface area contributed by atoms with Gasteiger partial charge in [-0.15, -0.1) is 37.0 Å². The quantitative estimate of drug-likeness (QED) is 0.0169. The molecule has 3 fully saturated rings. The van der Waals surface area contributed by atoms with E-state index in [1.54, 1.807) is 0 Å². The van der Waals surface area contributed by atoms with Crippen LogP contribution in [0.25, 0.3) is 0 Å². The van der Waals surface area contributed by atoms with Crippen LogP contribution < -0.4 is 5.32 Å². The molecule has 348 valence electrons. The van der Waals surface area contributed by atoms with Gasteiger partial charge in [0.2, 0.25) is 5.91 Å². The highest BCUT2D eigenvalue weighted by atomic mass is 35.5. The fourth-order valence-electron chi connectivity index (χ4n) is 8.00. The van der Waals surface area contributed by atoms with Gasteiger partial charge in [0.15, 0.2) is 5.82 Å². The second-order valence-electron chi connectivity index (χ2n) is 15.1. The molecule has 0 spiro atoms. The van der Waals surface area contributed by atoms with Gasteiger partial charge in [-0.1, -0.05) is 10.1 Å². The molecule has 0 aromatic carbocycles. The number of hydrogen-bond donors (Lipinski definition) is 6. The van der Waals surface area contributed by atoms with Crippen LogP contribution in [-0.4, -0.2) is 139 Å². The second-order valence-corrected chi connectivity index (χ2v) is 23.0. The summed E-state index contributed by atoms with van der Waals surface area (Å²) in [6.07, 6.45) is 3.61. The Morgan fingerprint density at radius 1 is 0.885 bits per heavy atom. The number of nitriles is 1. The summed E-state index contributed by atoms with van der Waals surface area (Å²) in [7, 11) is -13.0. The molecule has 61 heavy (non-hydrogen) atoms. The summed E-state index contributed by atoms with van der Waals surface area (Å²) in [6, 6.07) is -0.453. The highest BCUT2D eigenvalue weighted by Crippen LogP contribution is 2.43. The maximum Gasteiger partial charge on any atom is 0.267 e. The van der Waals surface area contributed by atoms with Crippen molar-refractivity contribution in [2.75, 3.05) is 24.6 Å². The van der Waals surface area contributed by atoms with Crippen molar-refractivity contribution in [3.63, 3.8) is 0 Å². The molecule has 8 unspecified atom stereocenters. The zero-order valence-corrected chi connectivity index (χ0v) is 38.0. The fourth-order valence-corrected chi connectivity index (χ4v) is 13.0. The molecule has 3 aliphatic carbocycles. The van der Waals surface area contributed by atoms with Crippen LogP contribution in [0.1, 0.15) is 88.7 Å².